The molecule has 1 rings (SSSR count). The highest BCUT2D eigenvalue weighted by molar-refractivity contribution is 7.09. The summed E-state index contributed by atoms with van der Waals surface area (Å²) >= 11 is 1.69. The molecule has 2 nitrogen and oxygen atoms in total. The second-order valence-corrected chi connectivity index (χ2v) is 4.11. The summed E-state index contributed by atoms with van der Waals surface area (Å²) in [6.07, 6.45) is 1.58. The lowest BCUT2D eigenvalue weighted by Gasteiger charge is -2.15. The Morgan fingerprint density at radius 3 is 2.92 bits per heavy atom. The standard InChI is InChI=1S/C10H15NOS/c1-3-5-10(12)11(2)8-9-6-4-7-13-9/h4,6-7H,3,5,8H2,1-2H3. The maximum Gasteiger partial charge on any atom is 0.222 e. The van der Waals surface area contributed by atoms with E-state index in [9.17, 15) is 4.79 Å². The third-order valence-corrected chi connectivity index (χ3v) is 2.72. The predicted octanol–water partition coefficient (Wildman–Crippen LogP) is 2.51. The molecule has 0 unspecified atom stereocenters. The van der Waals surface area contributed by atoms with Crippen LogP contribution in [0.25, 0.3) is 0 Å². The Balaban J connectivity index is 2.41. The second kappa shape index (κ2) is 5.02. The lowest BCUT2D eigenvalue weighted by Crippen LogP contribution is -2.25. The smallest absolute Gasteiger partial charge is 0.222 e. The zero-order valence-corrected chi connectivity index (χ0v) is 8.93. The topological polar surface area (TPSA) is 20.3 Å². The molecule has 3 heteroatoms. The molecule has 1 aromatic rings. The molecule has 13 heavy (non-hydrogen) atoms. The molecular weight excluding hydrogens is 182 g/mol. The lowest BCUT2D eigenvalue weighted by molar-refractivity contribution is -0.130. The van der Waals surface area contributed by atoms with Crippen molar-refractivity contribution in [2.45, 2.75) is 26.3 Å². The first-order chi connectivity index (χ1) is 6.24. The fraction of sp³-hybridized carbons (Fsp3) is 0.500. The highest BCUT2D eigenvalue weighted by Gasteiger charge is 2.07. The van der Waals surface area contributed by atoms with Crippen molar-refractivity contribution in [1.29, 1.82) is 0 Å². The van der Waals surface area contributed by atoms with Gasteiger partial charge in [-0.25, -0.2) is 0 Å². The van der Waals surface area contributed by atoms with E-state index in [0.717, 1.165) is 13.0 Å². The summed E-state index contributed by atoms with van der Waals surface area (Å²) in [5.74, 6) is 0.232. The van der Waals surface area contributed by atoms with Crippen LogP contribution in [0.1, 0.15) is 24.6 Å². The van der Waals surface area contributed by atoms with E-state index in [0.29, 0.717) is 6.42 Å². The Hall–Kier alpha value is -0.830. The van der Waals surface area contributed by atoms with Gasteiger partial charge in [-0.15, -0.1) is 11.3 Å². The zero-order chi connectivity index (χ0) is 9.68. The van der Waals surface area contributed by atoms with Crippen LogP contribution in [0.2, 0.25) is 0 Å². The Morgan fingerprint density at radius 2 is 2.38 bits per heavy atom. The third kappa shape index (κ3) is 3.19. The number of amides is 1. The zero-order valence-electron chi connectivity index (χ0n) is 8.12. The fourth-order valence-corrected chi connectivity index (χ4v) is 1.89. The van der Waals surface area contributed by atoms with Gasteiger partial charge in [0.05, 0.1) is 6.54 Å². The van der Waals surface area contributed by atoms with Crippen molar-refractivity contribution in [2.24, 2.45) is 0 Å². The van der Waals surface area contributed by atoms with Gasteiger partial charge in [-0.1, -0.05) is 13.0 Å². The van der Waals surface area contributed by atoms with E-state index in [-0.39, 0.29) is 5.91 Å². The van der Waals surface area contributed by atoms with Gasteiger partial charge in [0.15, 0.2) is 0 Å². The molecule has 1 heterocycles. The van der Waals surface area contributed by atoms with Crippen LogP contribution in [0.4, 0.5) is 0 Å². The normalized spacial score (nSPS) is 10.0. The molecule has 0 saturated heterocycles. The number of rotatable bonds is 4. The molecule has 0 atom stereocenters. The summed E-state index contributed by atoms with van der Waals surface area (Å²) in [4.78, 5) is 14.4. The van der Waals surface area contributed by atoms with E-state index in [1.165, 1.54) is 4.88 Å². The summed E-state index contributed by atoms with van der Waals surface area (Å²) in [7, 11) is 1.86. The van der Waals surface area contributed by atoms with Crippen LogP contribution in [0.15, 0.2) is 17.5 Å². The SMILES string of the molecule is CCCC(=O)N(C)Cc1cccs1. The first kappa shape index (κ1) is 10.3. The van der Waals surface area contributed by atoms with E-state index >= 15 is 0 Å². The average Bonchev–Trinajstić information content (AvgIpc) is 2.57. The number of hydrogen-bond donors (Lipinski definition) is 0. The molecule has 72 valence electrons. The molecule has 0 N–H and O–H groups in total. The molecule has 0 aliphatic heterocycles. The van der Waals surface area contributed by atoms with Gasteiger partial charge in [0.25, 0.3) is 0 Å². The Kier molecular flexibility index (Phi) is 3.96. The molecule has 0 fully saturated rings. The summed E-state index contributed by atoms with van der Waals surface area (Å²) < 4.78 is 0. The maximum atomic E-state index is 11.4. The molecule has 1 amide bonds. The highest BCUT2D eigenvalue weighted by Crippen LogP contribution is 2.11. The van der Waals surface area contributed by atoms with Gasteiger partial charge in [0.1, 0.15) is 0 Å². The van der Waals surface area contributed by atoms with Gasteiger partial charge in [-0.3, -0.25) is 4.79 Å². The first-order valence-electron chi connectivity index (χ1n) is 4.50. The van der Waals surface area contributed by atoms with Gasteiger partial charge in [0, 0.05) is 18.3 Å². The third-order valence-electron chi connectivity index (χ3n) is 1.86. The van der Waals surface area contributed by atoms with Gasteiger partial charge in [-0.2, -0.15) is 0 Å². The average molecular weight is 197 g/mol. The minimum Gasteiger partial charge on any atom is -0.341 e. The van der Waals surface area contributed by atoms with Crippen LogP contribution in [0, 0.1) is 0 Å². The summed E-state index contributed by atoms with van der Waals surface area (Å²) in [5.41, 5.74) is 0. The van der Waals surface area contributed by atoms with Crippen LogP contribution in [0.5, 0.6) is 0 Å². The molecule has 0 aliphatic rings. The summed E-state index contributed by atoms with van der Waals surface area (Å²) in [5, 5.41) is 2.04. The molecule has 0 bridgehead atoms. The van der Waals surface area contributed by atoms with Gasteiger partial charge >= 0.3 is 0 Å². The molecule has 0 saturated carbocycles. The van der Waals surface area contributed by atoms with Gasteiger partial charge < -0.3 is 4.90 Å². The highest BCUT2D eigenvalue weighted by atomic mass is 32.1. The Morgan fingerprint density at radius 1 is 1.62 bits per heavy atom. The number of nitrogens with zero attached hydrogens (tertiary/aromatic N) is 1. The number of hydrogen-bond acceptors (Lipinski definition) is 2. The fourth-order valence-electron chi connectivity index (χ4n) is 1.13. The van der Waals surface area contributed by atoms with E-state index in [2.05, 4.69) is 6.07 Å². The molecule has 1 aromatic heterocycles. The summed E-state index contributed by atoms with van der Waals surface area (Å²) in [6.45, 7) is 2.77. The Labute approximate surface area is 83.2 Å². The molecular formula is C10H15NOS. The maximum absolute atomic E-state index is 11.4. The van der Waals surface area contributed by atoms with Crippen LogP contribution in [-0.4, -0.2) is 17.9 Å². The molecule has 0 aromatic carbocycles. The van der Waals surface area contributed by atoms with Crippen molar-refractivity contribution >= 4 is 17.2 Å². The number of thiophene rings is 1. The minimum absolute atomic E-state index is 0.232. The molecule has 0 aliphatic carbocycles. The van der Waals surface area contributed by atoms with Crippen LogP contribution < -0.4 is 0 Å². The van der Waals surface area contributed by atoms with Crippen molar-refractivity contribution in [3.05, 3.63) is 22.4 Å². The Bertz CT molecular complexity index is 256. The van der Waals surface area contributed by atoms with Gasteiger partial charge in [0.2, 0.25) is 5.91 Å². The predicted molar refractivity (Wildman–Crippen MR) is 55.7 cm³/mol. The van der Waals surface area contributed by atoms with Crippen LogP contribution in [-0.2, 0) is 11.3 Å². The quantitative estimate of drug-likeness (QED) is 0.726. The lowest BCUT2D eigenvalue weighted by atomic mass is 10.3. The van der Waals surface area contributed by atoms with Crippen molar-refractivity contribution in [2.75, 3.05) is 7.05 Å². The van der Waals surface area contributed by atoms with E-state index in [4.69, 9.17) is 0 Å². The number of carbonyl (C=O) groups excluding carboxylic acids is 1. The largest absolute Gasteiger partial charge is 0.341 e. The monoisotopic (exact) mass is 197 g/mol. The number of carbonyl (C=O) groups is 1. The molecule has 0 spiro atoms. The van der Waals surface area contributed by atoms with E-state index in [1.54, 1.807) is 16.2 Å². The van der Waals surface area contributed by atoms with E-state index in [1.807, 2.05) is 25.4 Å². The molecule has 0 radical (unpaired) electrons. The van der Waals surface area contributed by atoms with Crippen molar-refractivity contribution in [3.8, 4) is 0 Å². The minimum atomic E-state index is 0.232. The second-order valence-electron chi connectivity index (χ2n) is 3.08. The van der Waals surface area contributed by atoms with Gasteiger partial charge in [-0.05, 0) is 17.9 Å². The summed E-state index contributed by atoms with van der Waals surface area (Å²) in [6, 6.07) is 4.07. The van der Waals surface area contributed by atoms with Crippen molar-refractivity contribution in [3.63, 3.8) is 0 Å². The van der Waals surface area contributed by atoms with Crippen molar-refractivity contribution in [1.82, 2.24) is 4.90 Å². The first-order valence-corrected chi connectivity index (χ1v) is 5.38. The van der Waals surface area contributed by atoms with E-state index < -0.39 is 0 Å². The van der Waals surface area contributed by atoms with Crippen LogP contribution in [0.3, 0.4) is 0 Å². The van der Waals surface area contributed by atoms with Crippen LogP contribution >= 0.6 is 11.3 Å². The van der Waals surface area contributed by atoms with Crippen molar-refractivity contribution < 1.29 is 4.79 Å².